The zero-order chi connectivity index (χ0) is 15.3. The number of carbonyl (C=O) groups excluding carboxylic acids is 2. The Morgan fingerprint density at radius 2 is 2.05 bits per heavy atom. The largest absolute Gasteiger partial charge is 0.465 e. The van der Waals surface area contributed by atoms with Crippen molar-refractivity contribution in [2.75, 3.05) is 12.4 Å². The molecule has 0 aliphatic carbocycles. The summed E-state index contributed by atoms with van der Waals surface area (Å²) < 4.78 is 4.73. The highest BCUT2D eigenvalue weighted by molar-refractivity contribution is 6.04. The van der Waals surface area contributed by atoms with E-state index in [4.69, 9.17) is 10.5 Å². The molecule has 20 heavy (non-hydrogen) atoms. The Hall–Kier alpha value is -1.88. The van der Waals surface area contributed by atoms with E-state index in [9.17, 15) is 9.59 Å². The minimum absolute atomic E-state index is 0.312. The van der Waals surface area contributed by atoms with Crippen LogP contribution in [0.2, 0.25) is 0 Å². The predicted molar refractivity (Wildman–Crippen MR) is 78.6 cm³/mol. The minimum atomic E-state index is -0.965. The van der Waals surface area contributed by atoms with E-state index in [1.54, 1.807) is 19.1 Å². The molecule has 5 heteroatoms. The number of benzene rings is 1. The molecule has 0 spiro atoms. The summed E-state index contributed by atoms with van der Waals surface area (Å²) in [4.78, 5) is 23.9. The van der Waals surface area contributed by atoms with E-state index in [1.807, 2.05) is 19.9 Å². The van der Waals surface area contributed by atoms with Gasteiger partial charge in [-0.15, -0.1) is 0 Å². The number of anilines is 1. The number of hydrogen-bond donors (Lipinski definition) is 2. The maximum absolute atomic E-state index is 12.2. The molecule has 1 amide bonds. The van der Waals surface area contributed by atoms with Crippen LogP contribution in [0.1, 0.15) is 42.6 Å². The second-order valence-corrected chi connectivity index (χ2v) is 5.16. The normalized spacial score (nSPS) is 13.4. The van der Waals surface area contributed by atoms with Crippen LogP contribution in [0, 0.1) is 6.92 Å². The Bertz CT molecular complexity index is 510. The first kappa shape index (κ1) is 16.2. The minimum Gasteiger partial charge on any atom is -0.465 e. The summed E-state index contributed by atoms with van der Waals surface area (Å²) in [5.41, 5.74) is 6.67. The van der Waals surface area contributed by atoms with E-state index in [0.29, 0.717) is 17.7 Å². The van der Waals surface area contributed by atoms with Crippen LogP contribution in [-0.2, 0) is 9.53 Å². The average Bonchev–Trinajstić information content (AvgIpc) is 2.39. The van der Waals surface area contributed by atoms with Crippen molar-refractivity contribution < 1.29 is 14.3 Å². The maximum atomic E-state index is 12.2. The van der Waals surface area contributed by atoms with Crippen LogP contribution >= 0.6 is 0 Å². The molecule has 110 valence electrons. The molecule has 0 saturated heterocycles. The lowest BCUT2D eigenvalue weighted by atomic mass is 9.96. The first-order valence-electron chi connectivity index (χ1n) is 6.61. The summed E-state index contributed by atoms with van der Waals surface area (Å²) in [5.74, 6) is -0.799. The number of nitrogens with two attached hydrogens (primary N) is 1. The number of hydrogen-bond acceptors (Lipinski definition) is 4. The van der Waals surface area contributed by atoms with Gasteiger partial charge in [-0.3, -0.25) is 4.79 Å². The van der Waals surface area contributed by atoms with Gasteiger partial charge in [0.05, 0.1) is 23.9 Å². The van der Waals surface area contributed by atoms with Gasteiger partial charge in [0, 0.05) is 0 Å². The van der Waals surface area contributed by atoms with Crippen LogP contribution in [0.15, 0.2) is 18.2 Å². The highest BCUT2D eigenvalue weighted by Crippen LogP contribution is 2.20. The molecule has 1 rings (SSSR count). The summed E-state index contributed by atoms with van der Waals surface area (Å²) in [6.07, 6.45) is 1.37. The van der Waals surface area contributed by atoms with Gasteiger partial charge in [0.2, 0.25) is 5.91 Å². The van der Waals surface area contributed by atoms with Crippen LogP contribution in [-0.4, -0.2) is 24.5 Å². The Balaban J connectivity index is 3.03. The van der Waals surface area contributed by atoms with Crippen molar-refractivity contribution in [1.82, 2.24) is 0 Å². The van der Waals surface area contributed by atoms with Crippen molar-refractivity contribution in [3.63, 3.8) is 0 Å². The number of methoxy groups -OCH3 is 1. The van der Waals surface area contributed by atoms with Crippen LogP contribution in [0.3, 0.4) is 0 Å². The highest BCUT2D eigenvalue weighted by atomic mass is 16.5. The molecule has 1 unspecified atom stereocenters. The number of nitrogens with one attached hydrogen (secondary N) is 1. The van der Waals surface area contributed by atoms with Crippen molar-refractivity contribution in [3.05, 3.63) is 29.3 Å². The van der Waals surface area contributed by atoms with Crippen molar-refractivity contribution in [2.24, 2.45) is 5.73 Å². The van der Waals surface area contributed by atoms with Gasteiger partial charge in [-0.1, -0.05) is 25.0 Å². The second-order valence-electron chi connectivity index (χ2n) is 5.16. The number of carbonyl (C=O) groups is 2. The van der Waals surface area contributed by atoms with Gasteiger partial charge in [-0.25, -0.2) is 4.79 Å². The summed E-state index contributed by atoms with van der Waals surface area (Å²) in [6.45, 7) is 5.50. The average molecular weight is 278 g/mol. The number of amides is 1. The van der Waals surface area contributed by atoms with E-state index in [2.05, 4.69) is 5.32 Å². The second kappa shape index (κ2) is 6.52. The van der Waals surface area contributed by atoms with E-state index in [-0.39, 0.29) is 5.91 Å². The third-order valence-corrected chi connectivity index (χ3v) is 3.12. The van der Waals surface area contributed by atoms with E-state index >= 15 is 0 Å². The molecule has 0 saturated carbocycles. The topological polar surface area (TPSA) is 81.4 Å². The first-order valence-corrected chi connectivity index (χ1v) is 6.61. The van der Waals surface area contributed by atoms with Gasteiger partial charge in [-0.05, 0) is 32.4 Å². The molecule has 0 fully saturated rings. The fourth-order valence-electron chi connectivity index (χ4n) is 1.94. The molecular formula is C15H22N2O3. The Labute approximate surface area is 119 Å². The lowest BCUT2D eigenvalue weighted by Crippen LogP contribution is -2.48. The molecule has 5 nitrogen and oxygen atoms in total. The molecular weight excluding hydrogens is 256 g/mol. The lowest BCUT2D eigenvalue weighted by molar-refractivity contribution is -0.120. The Morgan fingerprint density at radius 3 is 2.60 bits per heavy atom. The van der Waals surface area contributed by atoms with Crippen molar-refractivity contribution in [1.29, 1.82) is 0 Å². The molecule has 0 radical (unpaired) electrons. The summed E-state index contributed by atoms with van der Waals surface area (Å²) in [7, 11) is 1.31. The van der Waals surface area contributed by atoms with Gasteiger partial charge in [0.15, 0.2) is 0 Å². The van der Waals surface area contributed by atoms with Crippen molar-refractivity contribution in [2.45, 2.75) is 39.2 Å². The number of ether oxygens (including phenoxy) is 1. The summed E-state index contributed by atoms with van der Waals surface area (Å²) >= 11 is 0. The molecule has 0 heterocycles. The van der Waals surface area contributed by atoms with Gasteiger partial charge in [-0.2, -0.15) is 0 Å². The molecule has 0 aromatic heterocycles. The van der Waals surface area contributed by atoms with Gasteiger partial charge >= 0.3 is 5.97 Å². The van der Waals surface area contributed by atoms with E-state index < -0.39 is 11.5 Å². The summed E-state index contributed by atoms with van der Waals surface area (Å²) in [5, 5.41) is 2.71. The molecule has 1 aromatic carbocycles. The summed E-state index contributed by atoms with van der Waals surface area (Å²) in [6, 6.07) is 5.17. The maximum Gasteiger partial charge on any atom is 0.339 e. The predicted octanol–water partition coefficient (Wildman–Crippen LogP) is 2.24. The molecule has 0 aliphatic heterocycles. The van der Waals surface area contributed by atoms with Crippen LogP contribution in [0.25, 0.3) is 0 Å². The number of aryl methyl sites for hydroxylation is 1. The van der Waals surface area contributed by atoms with Crippen LogP contribution in [0.5, 0.6) is 0 Å². The highest BCUT2D eigenvalue weighted by Gasteiger charge is 2.28. The molecule has 1 aromatic rings. The standard InChI is InChI=1S/C15H22N2O3/c1-5-8-15(3,16)14(19)17-12-7-6-10(2)9-11(12)13(18)20-4/h6-7,9H,5,8,16H2,1-4H3,(H,17,19). The van der Waals surface area contributed by atoms with Gasteiger partial charge < -0.3 is 15.8 Å². The van der Waals surface area contributed by atoms with Crippen LogP contribution < -0.4 is 11.1 Å². The first-order chi connectivity index (χ1) is 9.31. The van der Waals surface area contributed by atoms with E-state index in [0.717, 1.165) is 12.0 Å². The third kappa shape index (κ3) is 3.81. The Morgan fingerprint density at radius 1 is 1.40 bits per heavy atom. The fraction of sp³-hybridized carbons (Fsp3) is 0.467. The third-order valence-electron chi connectivity index (χ3n) is 3.12. The lowest BCUT2D eigenvalue weighted by Gasteiger charge is -2.23. The number of rotatable bonds is 5. The Kier molecular flexibility index (Phi) is 5.27. The monoisotopic (exact) mass is 278 g/mol. The quantitative estimate of drug-likeness (QED) is 0.809. The van der Waals surface area contributed by atoms with Crippen molar-refractivity contribution in [3.8, 4) is 0 Å². The molecule has 0 bridgehead atoms. The number of esters is 1. The van der Waals surface area contributed by atoms with Gasteiger partial charge in [0.25, 0.3) is 0 Å². The zero-order valence-corrected chi connectivity index (χ0v) is 12.4. The fourth-order valence-corrected chi connectivity index (χ4v) is 1.94. The van der Waals surface area contributed by atoms with E-state index in [1.165, 1.54) is 7.11 Å². The smallest absolute Gasteiger partial charge is 0.339 e. The van der Waals surface area contributed by atoms with Gasteiger partial charge in [0.1, 0.15) is 0 Å². The van der Waals surface area contributed by atoms with Crippen molar-refractivity contribution >= 4 is 17.6 Å². The zero-order valence-electron chi connectivity index (χ0n) is 12.4. The van der Waals surface area contributed by atoms with Crippen LogP contribution in [0.4, 0.5) is 5.69 Å². The SMILES string of the molecule is CCCC(C)(N)C(=O)Nc1ccc(C)cc1C(=O)OC. The molecule has 1 atom stereocenters. The molecule has 3 N–H and O–H groups in total. The molecule has 0 aliphatic rings.